The van der Waals surface area contributed by atoms with Crippen LogP contribution >= 0.6 is 11.6 Å². The zero-order chi connectivity index (χ0) is 14.8. The molecule has 0 unspecified atom stereocenters. The lowest BCUT2D eigenvalue weighted by molar-refractivity contribution is 0.281. The van der Waals surface area contributed by atoms with E-state index in [1.807, 2.05) is 13.0 Å². The fourth-order valence-electron chi connectivity index (χ4n) is 1.77. The van der Waals surface area contributed by atoms with Crippen molar-refractivity contribution in [3.63, 3.8) is 0 Å². The molecule has 2 N–H and O–H groups in total. The molecule has 0 aliphatic rings. The molecular weight excluding hydrogens is 298 g/mol. The second kappa shape index (κ2) is 5.83. The van der Waals surface area contributed by atoms with Crippen LogP contribution in [-0.2, 0) is 16.6 Å². The summed E-state index contributed by atoms with van der Waals surface area (Å²) in [5, 5.41) is 9.20. The molecule has 0 spiro atoms. The zero-order valence-corrected chi connectivity index (χ0v) is 12.4. The number of sulfonamides is 1. The summed E-state index contributed by atoms with van der Waals surface area (Å²) in [6.07, 6.45) is 0. The lowest BCUT2D eigenvalue weighted by Crippen LogP contribution is -2.14. The van der Waals surface area contributed by atoms with Crippen LogP contribution in [0.25, 0.3) is 0 Å². The number of benzene rings is 2. The quantitative estimate of drug-likeness (QED) is 0.912. The Morgan fingerprint density at radius 3 is 2.60 bits per heavy atom. The molecule has 2 aromatic carbocycles. The van der Waals surface area contributed by atoms with Crippen LogP contribution < -0.4 is 4.72 Å². The number of rotatable bonds is 4. The van der Waals surface area contributed by atoms with Crippen LogP contribution in [0.15, 0.2) is 47.4 Å². The standard InChI is InChI=1S/C14H14ClNO3S/c1-10-3-2-4-12(7-10)16-20(18,19)14-8-11(9-17)5-6-13(14)15/h2-8,16-17H,9H2,1H3. The Morgan fingerprint density at radius 2 is 1.95 bits per heavy atom. The first kappa shape index (κ1) is 14.8. The SMILES string of the molecule is Cc1cccc(NS(=O)(=O)c2cc(CO)ccc2Cl)c1. The van der Waals surface area contributed by atoms with E-state index in [0.29, 0.717) is 11.3 Å². The van der Waals surface area contributed by atoms with Crippen LogP contribution in [-0.4, -0.2) is 13.5 Å². The van der Waals surface area contributed by atoms with Gasteiger partial charge in [0, 0.05) is 5.69 Å². The summed E-state index contributed by atoms with van der Waals surface area (Å²) < 4.78 is 27.1. The van der Waals surface area contributed by atoms with Crippen molar-refractivity contribution in [2.24, 2.45) is 0 Å². The Balaban J connectivity index is 2.40. The van der Waals surface area contributed by atoms with E-state index in [1.165, 1.54) is 12.1 Å². The number of hydrogen-bond donors (Lipinski definition) is 2. The normalized spacial score (nSPS) is 11.3. The minimum Gasteiger partial charge on any atom is -0.392 e. The van der Waals surface area contributed by atoms with E-state index in [4.69, 9.17) is 16.7 Å². The average molecular weight is 312 g/mol. The minimum atomic E-state index is -3.79. The summed E-state index contributed by atoms with van der Waals surface area (Å²) in [5.74, 6) is 0. The second-order valence-electron chi connectivity index (χ2n) is 4.40. The van der Waals surface area contributed by atoms with E-state index in [2.05, 4.69) is 4.72 Å². The van der Waals surface area contributed by atoms with Crippen LogP contribution in [0.4, 0.5) is 5.69 Å². The van der Waals surface area contributed by atoms with Gasteiger partial charge in [-0.25, -0.2) is 8.42 Å². The van der Waals surface area contributed by atoms with Crippen molar-refractivity contribution in [1.82, 2.24) is 0 Å². The number of anilines is 1. The first-order chi connectivity index (χ1) is 9.42. The molecule has 0 saturated carbocycles. The van der Waals surface area contributed by atoms with Gasteiger partial charge in [0.05, 0.1) is 11.6 Å². The van der Waals surface area contributed by atoms with Crippen LogP contribution in [0, 0.1) is 6.92 Å². The summed E-state index contributed by atoms with van der Waals surface area (Å²) in [6.45, 7) is 1.63. The third kappa shape index (κ3) is 3.30. The van der Waals surface area contributed by atoms with Gasteiger partial charge in [-0.1, -0.05) is 29.8 Å². The number of hydrogen-bond acceptors (Lipinski definition) is 3. The molecule has 106 valence electrons. The zero-order valence-electron chi connectivity index (χ0n) is 10.8. The van der Waals surface area contributed by atoms with Gasteiger partial charge in [-0.15, -0.1) is 0 Å². The summed E-state index contributed by atoms with van der Waals surface area (Å²) >= 11 is 5.93. The Morgan fingerprint density at radius 1 is 1.20 bits per heavy atom. The highest BCUT2D eigenvalue weighted by molar-refractivity contribution is 7.92. The fourth-order valence-corrected chi connectivity index (χ4v) is 3.37. The third-order valence-corrected chi connectivity index (χ3v) is 4.60. The predicted molar refractivity (Wildman–Crippen MR) is 79.4 cm³/mol. The lowest BCUT2D eigenvalue weighted by atomic mass is 10.2. The van der Waals surface area contributed by atoms with Crippen molar-refractivity contribution in [2.75, 3.05) is 4.72 Å². The molecule has 4 nitrogen and oxygen atoms in total. The maximum Gasteiger partial charge on any atom is 0.263 e. The van der Waals surface area contributed by atoms with E-state index in [9.17, 15) is 8.42 Å². The Hall–Kier alpha value is -1.56. The van der Waals surface area contributed by atoms with E-state index >= 15 is 0 Å². The highest BCUT2D eigenvalue weighted by Gasteiger charge is 2.18. The van der Waals surface area contributed by atoms with Crippen molar-refractivity contribution in [2.45, 2.75) is 18.4 Å². The Kier molecular flexibility index (Phi) is 4.32. The molecular formula is C14H14ClNO3S. The summed E-state index contributed by atoms with van der Waals surface area (Å²) in [7, 11) is -3.79. The minimum absolute atomic E-state index is 0.0489. The van der Waals surface area contributed by atoms with Gasteiger partial charge in [0.15, 0.2) is 0 Å². The number of halogens is 1. The fraction of sp³-hybridized carbons (Fsp3) is 0.143. The predicted octanol–water partition coefficient (Wildman–Crippen LogP) is 2.94. The molecule has 0 heterocycles. The molecule has 0 aliphatic heterocycles. The highest BCUT2D eigenvalue weighted by Crippen LogP contribution is 2.25. The maximum absolute atomic E-state index is 12.3. The second-order valence-corrected chi connectivity index (χ2v) is 6.46. The molecule has 0 radical (unpaired) electrons. The smallest absolute Gasteiger partial charge is 0.263 e. The van der Waals surface area contributed by atoms with Gasteiger partial charge in [0.1, 0.15) is 4.90 Å². The number of aliphatic hydroxyl groups excluding tert-OH is 1. The van der Waals surface area contributed by atoms with E-state index in [0.717, 1.165) is 5.56 Å². The first-order valence-corrected chi connectivity index (χ1v) is 7.77. The first-order valence-electron chi connectivity index (χ1n) is 5.91. The third-order valence-electron chi connectivity index (χ3n) is 2.74. The van der Waals surface area contributed by atoms with Gasteiger partial charge in [-0.3, -0.25) is 4.72 Å². The summed E-state index contributed by atoms with van der Waals surface area (Å²) in [4.78, 5) is -0.0489. The van der Waals surface area contributed by atoms with Crippen molar-refractivity contribution < 1.29 is 13.5 Å². The van der Waals surface area contributed by atoms with Crippen LogP contribution in [0.2, 0.25) is 5.02 Å². The molecule has 20 heavy (non-hydrogen) atoms. The molecule has 0 aliphatic carbocycles. The number of aryl methyl sites for hydroxylation is 1. The van der Waals surface area contributed by atoms with Gasteiger partial charge >= 0.3 is 0 Å². The van der Waals surface area contributed by atoms with Gasteiger partial charge in [0.25, 0.3) is 10.0 Å². The summed E-state index contributed by atoms with van der Waals surface area (Å²) in [5.41, 5.74) is 1.90. The van der Waals surface area contributed by atoms with Crippen molar-refractivity contribution in [3.05, 3.63) is 58.6 Å². The molecule has 0 saturated heterocycles. The molecule has 2 rings (SSSR count). The molecule has 0 amide bonds. The lowest BCUT2D eigenvalue weighted by Gasteiger charge is -2.11. The van der Waals surface area contributed by atoms with E-state index < -0.39 is 10.0 Å². The maximum atomic E-state index is 12.3. The van der Waals surface area contributed by atoms with Crippen LogP contribution in [0.3, 0.4) is 0 Å². The molecule has 2 aromatic rings. The summed E-state index contributed by atoms with van der Waals surface area (Å²) in [6, 6.07) is 11.4. The number of aliphatic hydroxyl groups is 1. The van der Waals surface area contributed by atoms with Crippen molar-refractivity contribution in [3.8, 4) is 0 Å². The van der Waals surface area contributed by atoms with Gasteiger partial charge in [-0.2, -0.15) is 0 Å². The average Bonchev–Trinajstić information content (AvgIpc) is 2.38. The van der Waals surface area contributed by atoms with E-state index in [1.54, 1.807) is 24.3 Å². The Labute approximate surface area is 123 Å². The van der Waals surface area contributed by atoms with Crippen molar-refractivity contribution >= 4 is 27.3 Å². The van der Waals surface area contributed by atoms with Crippen LogP contribution in [0.1, 0.15) is 11.1 Å². The molecule has 0 fully saturated rings. The molecule has 0 aromatic heterocycles. The largest absolute Gasteiger partial charge is 0.392 e. The molecule has 6 heteroatoms. The van der Waals surface area contributed by atoms with Gasteiger partial charge in [-0.05, 0) is 42.3 Å². The van der Waals surface area contributed by atoms with Gasteiger partial charge < -0.3 is 5.11 Å². The number of nitrogens with one attached hydrogen (secondary N) is 1. The highest BCUT2D eigenvalue weighted by atomic mass is 35.5. The monoisotopic (exact) mass is 311 g/mol. The van der Waals surface area contributed by atoms with Crippen molar-refractivity contribution in [1.29, 1.82) is 0 Å². The van der Waals surface area contributed by atoms with Crippen LogP contribution in [0.5, 0.6) is 0 Å². The topological polar surface area (TPSA) is 66.4 Å². The molecule has 0 atom stereocenters. The molecule has 0 bridgehead atoms. The van der Waals surface area contributed by atoms with E-state index in [-0.39, 0.29) is 16.5 Å². The Bertz CT molecular complexity index is 729. The van der Waals surface area contributed by atoms with Gasteiger partial charge in [0.2, 0.25) is 0 Å².